The average Bonchev–Trinajstić information content (AvgIpc) is 2.89. The van der Waals surface area contributed by atoms with Gasteiger partial charge in [0.05, 0.1) is 10.7 Å². The first-order valence-electron chi connectivity index (χ1n) is 9.18. The summed E-state index contributed by atoms with van der Waals surface area (Å²) in [5.74, 6) is 1.81. The summed E-state index contributed by atoms with van der Waals surface area (Å²) in [6.45, 7) is 12.1. The van der Waals surface area contributed by atoms with Gasteiger partial charge in [-0.05, 0) is 58.7 Å². The van der Waals surface area contributed by atoms with E-state index in [1.54, 1.807) is 11.3 Å². The monoisotopic (exact) mass is 479 g/mol. The van der Waals surface area contributed by atoms with Crippen molar-refractivity contribution in [1.29, 1.82) is 0 Å². The van der Waals surface area contributed by atoms with Crippen LogP contribution < -0.4 is 10.6 Å². The third-order valence-electron chi connectivity index (χ3n) is 4.69. The maximum atomic E-state index is 4.48. The van der Waals surface area contributed by atoms with E-state index in [0.717, 1.165) is 42.1 Å². The minimum absolute atomic E-state index is 0. The van der Waals surface area contributed by atoms with E-state index < -0.39 is 0 Å². The molecule has 1 aromatic rings. The first kappa shape index (κ1) is 22.6. The van der Waals surface area contributed by atoms with Gasteiger partial charge in [-0.25, -0.2) is 4.98 Å². The number of likely N-dealkylation sites (tertiary alicyclic amines) is 1. The van der Waals surface area contributed by atoms with Crippen LogP contribution in [0.3, 0.4) is 0 Å². The van der Waals surface area contributed by atoms with Crippen molar-refractivity contribution in [2.45, 2.75) is 46.5 Å². The summed E-state index contributed by atoms with van der Waals surface area (Å²) in [4.78, 5) is 12.7. The molecule has 1 saturated heterocycles. The van der Waals surface area contributed by atoms with Gasteiger partial charge in [-0.2, -0.15) is 0 Å². The fraction of sp³-hybridized carbons (Fsp3) is 0.778. The molecule has 0 aliphatic carbocycles. The third kappa shape index (κ3) is 8.21. The Morgan fingerprint density at radius 2 is 1.92 bits per heavy atom. The zero-order valence-electron chi connectivity index (χ0n) is 16.1. The zero-order chi connectivity index (χ0) is 17.4. The maximum Gasteiger partial charge on any atom is 0.190 e. The highest BCUT2D eigenvalue weighted by Gasteiger charge is 2.14. The van der Waals surface area contributed by atoms with Gasteiger partial charge >= 0.3 is 0 Å². The van der Waals surface area contributed by atoms with E-state index >= 15 is 0 Å². The van der Waals surface area contributed by atoms with E-state index in [-0.39, 0.29) is 24.0 Å². The molecular formula is C18H34IN5S. The van der Waals surface area contributed by atoms with Crippen molar-refractivity contribution in [1.82, 2.24) is 20.5 Å². The number of nitrogens with zero attached hydrogens (tertiary/aromatic N) is 3. The van der Waals surface area contributed by atoms with Gasteiger partial charge < -0.3 is 15.5 Å². The number of aliphatic imine (C=N–C) groups is 1. The smallest absolute Gasteiger partial charge is 0.190 e. The van der Waals surface area contributed by atoms with Crippen molar-refractivity contribution in [2.24, 2.45) is 10.9 Å². The number of nitrogens with one attached hydrogen (secondary N) is 2. The summed E-state index contributed by atoms with van der Waals surface area (Å²) in [5, 5.41) is 7.98. The van der Waals surface area contributed by atoms with Gasteiger partial charge in [0.15, 0.2) is 5.96 Å². The molecular weight excluding hydrogens is 445 g/mol. The lowest BCUT2D eigenvalue weighted by molar-refractivity contribution is 0.191. The molecule has 0 radical (unpaired) electrons. The minimum Gasteiger partial charge on any atom is -0.356 e. The summed E-state index contributed by atoms with van der Waals surface area (Å²) in [5.41, 5.74) is 1.16. The second-order valence-electron chi connectivity index (χ2n) is 6.79. The molecule has 144 valence electrons. The highest BCUT2D eigenvalue weighted by Crippen LogP contribution is 2.17. The van der Waals surface area contributed by atoms with E-state index in [9.17, 15) is 0 Å². The Kier molecular flexibility index (Phi) is 10.9. The van der Waals surface area contributed by atoms with Crippen LogP contribution in [0, 0.1) is 19.8 Å². The first-order valence-corrected chi connectivity index (χ1v) is 10.00. The number of hydrogen-bond donors (Lipinski definition) is 2. The molecule has 1 aromatic heterocycles. The van der Waals surface area contributed by atoms with Gasteiger partial charge in [0.25, 0.3) is 0 Å². The molecule has 2 rings (SSSR count). The number of halogens is 1. The largest absolute Gasteiger partial charge is 0.356 e. The SMILES string of the molecule is CN=C(NCCCN1CCC(C)CC1)NCCc1sc(C)nc1C.I. The van der Waals surface area contributed by atoms with Crippen molar-refractivity contribution >= 4 is 41.3 Å². The number of piperidine rings is 1. The fourth-order valence-electron chi connectivity index (χ4n) is 3.12. The number of aromatic nitrogens is 1. The van der Waals surface area contributed by atoms with Crippen molar-refractivity contribution < 1.29 is 0 Å². The number of rotatable bonds is 7. The van der Waals surface area contributed by atoms with Crippen molar-refractivity contribution in [3.8, 4) is 0 Å². The van der Waals surface area contributed by atoms with Crippen LogP contribution in [-0.2, 0) is 6.42 Å². The Morgan fingerprint density at radius 1 is 1.24 bits per heavy atom. The van der Waals surface area contributed by atoms with Gasteiger partial charge in [-0.3, -0.25) is 4.99 Å². The Bertz CT molecular complexity index is 524. The third-order valence-corrected chi connectivity index (χ3v) is 5.82. The molecule has 0 aromatic carbocycles. The molecule has 0 saturated carbocycles. The van der Waals surface area contributed by atoms with E-state index in [2.05, 4.69) is 46.3 Å². The van der Waals surface area contributed by atoms with Gasteiger partial charge in [-0.15, -0.1) is 35.3 Å². The van der Waals surface area contributed by atoms with Gasteiger partial charge in [0, 0.05) is 31.4 Å². The van der Waals surface area contributed by atoms with Crippen LogP contribution in [0.25, 0.3) is 0 Å². The normalized spacial score (nSPS) is 16.6. The molecule has 1 aliphatic heterocycles. The standard InChI is InChI=1S/C18H33N5S.HI/c1-14-7-12-23(13-8-14)11-5-9-20-18(19-4)21-10-6-17-15(2)22-16(3)24-17;/h14H,5-13H2,1-4H3,(H2,19,20,21);1H. The molecule has 2 heterocycles. The second kappa shape index (κ2) is 12.1. The highest BCUT2D eigenvalue weighted by atomic mass is 127. The molecule has 0 unspecified atom stereocenters. The molecule has 0 bridgehead atoms. The lowest BCUT2D eigenvalue weighted by Crippen LogP contribution is -2.40. The Morgan fingerprint density at radius 3 is 2.52 bits per heavy atom. The van der Waals surface area contributed by atoms with Gasteiger partial charge in [0.1, 0.15) is 0 Å². The molecule has 5 nitrogen and oxygen atoms in total. The molecule has 2 N–H and O–H groups in total. The Labute approximate surface area is 174 Å². The first-order chi connectivity index (χ1) is 11.6. The van der Waals surface area contributed by atoms with Crippen LogP contribution >= 0.6 is 35.3 Å². The van der Waals surface area contributed by atoms with Crippen LogP contribution in [0.4, 0.5) is 0 Å². The van der Waals surface area contributed by atoms with Gasteiger partial charge in [0.2, 0.25) is 0 Å². The quantitative estimate of drug-likeness (QED) is 0.273. The van der Waals surface area contributed by atoms with Crippen LogP contribution in [0.2, 0.25) is 0 Å². The van der Waals surface area contributed by atoms with Crippen LogP contribution in [-0.4, -0.2) is 55.6 Å². The predicted octanol–water partition coefficient (Wildman–Crippen LogP) is 3.21. The highest BCUT2D eigenvalue weighted by molar-refractivity contribution is 14.0. The minimum atomic E-state index is 0. The van der Waals surface area contributed by atoms with Crippen molar-refractivity contribution in [3.05, 3.63) is 15.6 Å². The number of thiazole rings is 1. The average molecular weight is 479 g/mol. The summed E-state index contributed by atoms with van der Waals surface area (Å²) in [6.07, 6.45) is 4.88. The number of hydrogen-bond acceptors (Lipinski definition) is 4. The summed E-state index contributed by atoms with van der Waals surface area (Å²) >= 11 is 1.79. The lowest BCUT2D eigenvalue weighted by Gasteiger charge is -2.30. The van der Waals surface area contributed by atoms with E-state index in [1.807, 2.05) is 7.05 Å². The molecule has 1 fully saturated rings. The second-order valence-corrected chi connectivity index (χ2v) is 8.08. The van der Waals surface area contributed by atoms with Crippen LogP contribution in [0.15, 0.2) is 4.99 Å². The molecule has 1 aliphatic rings. The van der Waals surface area contributed by atoms with E-state index in [1.165, 1.54) is 43.8 Å². The topological polar surface area (TPSA) is 52.6 Å². The molecule has 0 atom stereocenters. The molecule has 0 amide bonds. The van der Waals surface area contributed by atoms with E-state index in [4.69, 9.17) is 0 Å². The van der Waals surface area contributed by atoms with Crippen LogP contribution in [0.5, 0.6) is 0 Å². The predicted molar refractivity (Wildman–Crippen MR) is 120 cm³/mol. The molecule has 0 spiro atoms. The lowest BCUT2D eigenvalue weighted by atomic mass is 9.99. The van der Waals surface area contributed by atoms with Crippen molar-refractivity contribution in [3.63, 3.8) is 0 Å². The maximum absolute atomic E-state index is 4.48. The Hall–Kier alpha value is -0.410. The zero-order valence-corrected chi connectivity index (χ0v) is 19.2. The summed E-state index contributed by atoms with van der Waals surface area (Å²) in [6, 6.07) is 0. The summed E-state index contributed by atoms with van der Waals surface area (Å²) in [7, 11) is 1.84. The van der Waals surface area contributed by atoms with Crippen molar-refractivity contribution in [2.75, 3.05) is 39.8 Å². The Balaban J connectivity index is 0.00000312. The van der Waals surface area contributed by atoms with Gasteiger partial charge in [-0.1, -0.05) is 6.92 Å². The number of aryl methyl sites for hydroxylation is 2. The fourth-order valence-corrected chi connectivity index (χ4v) is 4.05. The van der Waals surface area contributed by atoms with E-state index in [0.29, 0.717) is 0 Å². The summed E-state index contributed by atoms with van der Waals surface area (Å²) < 4.78 is 0. The molecule has 25 heavy (non-hydrogen) atoms. The molecule has 7 heteroatoms. The van der Waals surface area contributed by atoms with Crippen LogP contribution in [0.1, 0.15) is 41.8 Å². The number of guanidine groups is 1.